The van der Waals surface area contributed by atoms with E-state index in [1.54, 1.807) is 0 Å². The van der Waals surface area contributed by atoms with Crippen LogP contribution in [0, 0.1) is 11.3 Å². The van der Waals surface area contributed by atoms with E-state index in [0.717, 1.165) is 0 Å². The molecule has 11 atom stereocenters. The van der Waals surface area contributed by atoms with Gasteiger partial charge in [0, 0.05) is 12.0 Å². The molecule has 2 amide bonds. The summed E-state index contributed by atoms with van der Waals surface area (Å²) in [6.45, 7) is -8.28. The highest BCUT2D eigenvalue weighted by Gasteiger charge is 2.54. The Kier molecular flexibility index (Phi) is 8.64. The number of fused-ring (bicyclic) bond motifs is 4. The first-order valence-corrected chi connectivity index (χ1v) is 18.4. The maximum atomic E-state index is 13.5. The molecule has 1 saturated carbocycles. The second-order valence-electron chi connectivity index (χ2n) is 10.5. The first kappa shape index (κ1) is 30.6. The van der Waals surface area contributed by atoms with Crippen LogP contribution in [0.3, 0.4) is 0 Å². The molecule has 42 heavy (non-hydrogen) atoms. The Morgan fingerprint density at radius 1 is 1.21 bits per heavy atom. The monoisotopic (exact) mass is 668 g/mol. The van der Waals surface area contributed by atoms with Crippen LogP contribution in [-0.4, -0.2) is 114 Å². The van der Waals surface area contributed by atoms with Crippen molar-refractivity contribution in [1.29, 1.82) is 5.41 Å². The van der Waals surface area contributed by atoms with Crippen molar-refractivity contribution in [3.63, 3.8) is 0 Å². The lowest BCUT2D eigenvalue weighted by Crippen LogP contribution is -2.56. The highest BCUT2D eigenvalue weighted by molar-refractivity contribution is 8.44. The van der Waals surface area contributed by atoms with Crippen LogP contribution in [0.15, 0.2) is 9.98 Å². The van der Waals surface area contributed by atoms with Gasteiger partial charge in [-0.25, -0.2) is 4.57 Å². The second-order valence-corrected chi connectivity index (χ2v) is 16.2. The molecule has 0 spiro atoms. The minimum Gasteiger partial charge on any atom is -0.387 e. The number of ether oxygens (including phenoxy) is 1. The second kappa shape index (κ2) is 11.8. The Hall–Kier alpha value is -1.38. The Morgan fingerprint density at radius 3 is 2.81 bits per heavy atom. The first-order valence-electron chi connectivity index (χ1n) is 13.1. The smallest absolute Gasteiger partial charge is 0.386 e. The summed E-state index contributed by atoms with van der Waals surface area (Å²) in [5.41, 5.74) is 0. The summed E-state index contributed by atoms with van der Waals surface area (Å²) < 4.78 is 42.3. The van der Waals surface area contributed by atoms with Crippen molar-refractivity contribution in [2.45, 2.75) is 68.2 Å². The SMILES string of the molecule is N=C1N=C2C(N=CN2[C@@H]2O[C@@H]3COP(O)(=S)O[C@H]4C[C@H](NC5CC(=O)NCN5)C[C@@H]4COP(=O)(S)O[C@@H]2[C@@H]3O)C(=O)N1. The lowest BCUT2D eigenvalue weighted by atomic mass is 10.1. The van der Waals surface area contributed by atoms with Crippen LogP contribution in [-0.2, 0) is 48.8 Å². The van der Waals surface area contributed by atoms with Crippen LogP contribution in [0.1, 0.15) is 19.3 Å². The van der Waals surface area contributed by atoms with Crippen LogP contribution in [0.4, 0.5) is 0 Å². The number of aliphatic hydroxyl groups excluding tert-OH is 1. The molecule has 7 N–H and O–H groups in total. The van der Waals surface area contributed by atoms with Crippen molar-refractivity contribution in [3.05, 3.63) is 0 Å². The number of aliphatic hydroxyl groups is 1. The molecule has 6 rings (SSSR count). The summed E-state index contributed by atoms with van der Waals surface area (Å²) in [6, 6.07) is -1.22. The Bertz CT molecular complexity index is 1310. The number of carbonyl (C=O) groups excluding carboxylic acids is 2. The van der Waals surface area contributed by atoms with Gasteiger partial charge in [-0.15, -0.1) is 0 Å². The summed E-state index contributed by atoms with van der Waals surface area (Å²) in [5.74, 6) is -1.46. The number of rotatable bonds is 3. The molecule has 4 unspecified atom stereocenters. The topological polar surface area (TPSA) is 238 Å². The van der Waals surface area contributed by atoms with Crippen molar-refractivity contribution >= 4 is 67.5 Å². The van der Waals surface area contributed by atoms with Crippen LogP contribution in [0.25, 0.3) is 0 Å². The van der Waals surface area contributed by atoms with Crippen molar-refractivity contribution in [1.82, 2.24) is 26.2 Å². The van der Waals surface area contributed by atoms with E-state index >= 15 is 0 Å². The molecule has 18 nitrogen and oxygen atoms in total. The van der Waals surface area contributed by atoms with E-state index in [1.165, 1.54) is 11.2 Å². The molecule has 2 bridgehead atoms. The van der Waals surface area contributed by atoms with Gasteiger partial charge in [0.15, 0.2) is 18.1 Å². The maximum absolute atomic E-state index is 13.5. The molecule has 22 heteroatoms. The number of amides is 2. The molecule has 0 aromatic heterocycles. The number of guanidine groups is 1. The first-order chi connectivity index (χ1) is 19.9. The number of nitrogens with zero attached hydrogens (tertiary/aromatic N) is 3. The minimum absolute atomic E-state index is 0.0417. The summed E-state index contributed by atoms with van der Waals surface area (Å²) in [7, 11) is 0. The van der Waals surface area contributed by atoms with Crippen LogP contribution in [0.2, 0.25) is 0 Å². The number of hydrogen-bond acceptors (Lipinski definition) is 15. The molecule has 5 heterocycles. The predicted molar refractivity (Wildman–Crippen MR) is 151 cm³/mol. The molecule has 5 aliphatic heterocycles. The number of nitrogens with one attached hydrogen (secondary N) is 5. The van der Waals surface area contributed by atoms with Crippen molar-refractivity contribution in [2.24, 2.45) is 15.9 Å². The van der Waals surface area contributed by atoms with Crippen LogP contribution in [0.5, 0.6) is 0 Å². The van der Waals surface area contributed by atoms with Crippen LogP contribution >= 0.6 is 25.8 Å². The number of aliphatic imine (C=N–C) groups is 2. The zero-order chi connectivity index (χ0) is 29.8. The molecule has 232 valence electrons. The normalized spacial score (nSPS) is 46.1. The number of amidine groups is 1. The van der Waals surface area contributed by atoms with E-state index in [4.69, 9.17) is 40.0 Å². The van der Waals surface area contributed by atoms with E-state index < -0.39 is 74.6 Å². The molecular weight excluding hydrogens is 638 g/mol. The third kappa shape index (κ3) is 6.51. The van der Waals surface area contributed by atoms with Crippen molar-refractivity contribution < 1.29 is 47.0 Å². The molecule has 6 aliphatic rings. The lowest BCUT2D eigenvalue weighted by molar-refractivity contribution is -0.123. The third-order valence-corrected chi connectivity index (χ3v) is 10.8. The van der Waals surface area contributed by atoms with Gasteiger partial charge in [-0.3, -0.25) is 45.4 Å². The Morgan fingerprint density at radius 2 is 2.02 bits per heavy atom. The molecule has 0 radical (unpaired) electrons. The van der Waals surface area contributed by atoms with Gasteiger partial charge in [-0.1, -0.05) is 12.2 Å². The Labute approximate surface area is 249 Å². The fraction of sp³-hybridized carbons (Fsp3) is 0.750. The van der Waals surface area contributed by atoms with Gasteiger partial charge in [0.2, 0.25) is 11.9 Å². The van der Waals surface area contributed by atoms with Crippen molar-refractivity contribution in [3.8, 4) is 0 Å². The van der Waals surface area contributed by atoms with Crippen molar-refractivity contribution in [2.75, 3.05) is 19.9 Å². The Balaban J connectivity index is 1.21. The molecule has 4 fully saturated rings. The lowest BCUT2D eigenvalue weighted by Gasteiger charge is -2.31. The van der Waals surface area contributed by atoms with Crippen LogP contribution < -0.4 is 21.3 Å². The standard InChI is InChI=1S/C20H30N8O10P2S2/c21-20-26-17-14(18(31)27-20)24-7-28(17)19-16-15(30)11(36-19)5-35-39(32,41)37-10-2-9(25-12-3-13(29)23-6-22-12)1-8(10)4-34-40(33,42)38-16/h7-12,14-16,19,22,25,30H,1-6H2,(H,23,29)(H,32,41)(H,33,42)(H2,21,27,31)/t8-,9-,10+,11-,12?,14?,15-,16-,19-,39?,40?/m1/s1. The molecule has 0 aromatic rings. The van der Waals surface area contributed by atoms with E-state index in [1.807, 2.05) is 0 Å². The van der Waals surface area contributed by atoms with Gasteiger partial charge in [-0.05, 0) is 24.6 Å². The van der Waals surface area contributed by atoms with Gasteiger partial charge in [0.25, 0.3) is 5.91 Å². The number of thiol groups is 1. The summed E-state index contributed by atoms with van der Waals surface area (Å²) in [6.07, 6.45) is -3.84. The molecular formula is C20H30N8O10P2S2. The highest BCUT2D eigenvalue weighted by Crippen LogP contribution is 2.58. The highest BCUT2D eigenvalue weighted by atomic mass is 32.7. The number of hydrogen-bond donors (Lipinski definition) is 8. The minimum atomic E-state index is -4.16. The van der Waals surface area contributed by atoms with Gasteiger partial charge < -0.3 is 33.6 Å². The number of carbonyl (C=O) groups is 2. The predicted octanol–water partition coefficient (Wildman–Crippen LogP) is -1.92. The average molecular weight is 669 g/mol. The summed E-state index contributed by atoms with van der Waals surface area (Å²) in [4.78, 5) is 44.4. The fourth-order valence-electron chi connectivity index (χ4n) is 5.70. The zero-order valence-corrected chi connectivity index (χ0v) is 25.3. The quantitative estimate of drug-likeness (QED) is 0.121. The summed E-state index contributed by atoms with van der Waals surface area (Å²) in [5, 5.41) is 30.4. The van der Waals surface area contributed by atoms with Gasteiger partial charge in [0.05, 0.1) is 44.9 Å². The van der Waals surface area contributed by atoms with E-state index in [9.17, 15) is 24.2 Å². The van der Waals surface area contributed by atoms with Gasteiger partial charge >= 0.3 is 13.5 Å². The molecule has 1 aliphatic carbocycles. The molecule has 3 saturated heterocycles. The maximum Gasteiger partial charge on any atom is 0.386 e. The summed E-state index contributed by atoms with van der Waals surface area (Å²) >= 11 is 9.42. The van der Waals surface area contributed by atoms with E-state index in [0.29, 0.717) is 19.5 Å². The van der Waals surface area contributed by atoms with E-state index in [2.05, 4.69) is 43.5 Å². The zero-order valence-electron chi connectivity index (χ0n) is 21.8. The fourth-order valence-corrected chi connectivity index (χ4v) is 8.72. The molecule has 0 aromatic carbocycles. The van der Waals surface area contributed by atoms with E-state index in [-0.39, 0.29) is 37.0 Å². The third-order valence-electron chi connectivity index (χ3n) is 7.62. The average Bonchev–Trinajstić information content (AvgIpc) is 3.57. The largest absolute Gasteiger partial charge is 0.387 e. The van der Waals surface area contributed by atoms with Gasteiger partial charge in [-0.2, -0.15) is 4.99 Å². The van der Waals surface area contributed by atoms with Gasteiger partial charge in [0.1, 0.15) is 18.3 Å².